The van der Waals surface area contributed by atoms with Crippen LogP contribution in [-0.2, 0) is 19.4 Å². The normalized spacial score (nSPS) is 13.0. The molecule has 0 radical (unpaired) electrons. The molecule has 0 spiro atoms. The number of rotatable bonds is 4. The Hall–Kier alpha value is -2.39. The van der Waals surface area contributed by atoms with Crippen molar-refractivity contribution in [2.24, 2.45) is 0 Å². The van der Waals surface area contributed by atoms with Gasteiger partial charge in [-0.3, -0.25) is 4.79 Å². The third kappa shape index (κ3) is 3.84. The van der Waals surface area contributed by atoms with Crippen LogP contribution in [-0.4, -0.2) is 10.4 Å². The van der Waals surface area contributed by atoms with Crippen molar-refractivity contribution in [2.45, 2.75) is 46.1 Å². The number of halogens is 1. The number of ketones is 1. The molecule has 0 saturated heterocycles. The number of Topliss-reactive ketones (excluding diaryl/α,β-unsaturated/α-hetero) is 1. The van der Waals surface area contributed by atoms with Gasteiger partial charge in [0, 0.05) is 34.3 Å². The number of hydrogen-bond donors (Lipinski definition) is 0. The van der Waals surface area contributed by atoms with Crippen molar-refractivity contribution in [1.82, 2.24) is 4.57 Å². The number of nitrogens with zero attached hydrogens (tertiary/aromatic N) is 2. The molecule has 140 valence electrons. The molecule has 3 aromatic rings. The molecule has 0 amide bonds. The Balaban J connectivity index is 0.00000210. The first kappa shape index (κ1) is 19.4. The van der Waals surface area contributed by atoms with E-state index in [1.807, 2.05) is 35.8 Å². The summed E-state index contributed by atoms with van der Waals surface area (Å²) in [5, 5.41) is 0. The zero-order chi connectivity index (χ0) is 18.1. The van der Waals surface area contributed by atoms with Crippen molar-refractivity contribution in [3.8, 4) is 5.69 Å². The molecular weight excluding hydrogens is 356 g/mol. The van der Waals surface area contributed by atoms with Gasteiger partial charge in [-0.05, 0) is 63.3 Å². The number of carbonyl (C=O) groups is 1. The van der Waals surface area contributed by atoms with Crippen LogP contribution in [0.5, 0.6) is 0 Å². The predicted octanol–water partition coefficient (Wildman–Crippen LogP) is 1.15. The van der Waals surface area contributed by atoms with E-state index >= 15 is 0 Å². The molecule has 0 unspecified atom stereocenters. The topological polar surface area (TPSA) is 25.9 Å². The van der Waals surface area contributed by atoms with Gasteiger partial charge in [0.2, 0.25) is 12.3 Å². The number of pyridine rings is 1. The highest BCUT2D eigenvalue weighted by molar-refractivity contribution is 5.96. The smallest absolute Gasteiger partial charge is 0.229 e. The summed E-state index contributed by atoms with van der Waals surface area (Å²) in [5.74, 6) is 0.168. The number of aromatic nitrogens is 2. The Bertz CT molecular complexity index is 960. The molecule has 4 heteroatoms. The minimum absolute atomic E-state index is 0. The van der Waals surface area contributed by atoms with Gasteiger partial charge in [-0.1, -0.05) is 18.2 Å². The second-order valence-electron chi connectivity index (χ2n) is 7.25. The maximum absolute atomic E-state index is 13.0. The van der Waals surface area contributed by atoms with Crippen LogP contribution in [0.2, 0.25) is 0 Å². The zero-order valence-electron chi connectivity index (χ0n) is 15.9. The second kappa shape index (κ2) is 8.10. The molecule has 0 fully saturated rings. The highest BCUT2D eigenvalue weighted by atomic mass is 35.5. The van der Waals surface area contributed by atoms with Crippen molar-refractivity contribution in [3.05, 3.63) is 82.9 Å². The highest BCUT2D eigenvalue weighted by Gasteiger charge is 2.21. The third-order valence-electron chi connectivity index (χ3n) is 5.42. The Labute approximate surface area is 167 Å². The van der Waals surface area contributed by atoms with Crippen LogP contribution in [0.4, 0.5) is 0 Å². The molecule has 0 atom stereocenters. The Morgan fingerprint density at radius 2 is 1.74 bits per heavy atom. The molecule has 27 heavy (non-hydrogen) atoms. The Morgan fingerprint density at radius 1 is 1.04 bits per heavy atom. The van der Waals surface area contributed by atoms with Crippen molar-refractivity contribution in [1.29, 1.82) is 0 Å². The van der Waals surface area contributed by atoms with E-state index in [4.69, 9.17) is 0 Å². The molecular formula is C23H25ClN2O. The lowest BCUT2D eigenvalue weighted by Crippen LogP contribution is -3.00. The summed E-state index contributed by atoms with van der Waals surface area (Å²) in [4.78, 5) is 13.0. The number of para-hydroxylation sites is 1. The number of carbonyl (C=O) groups excluding carboxylic acids is 1. The number of hydrogen-bond acceptors (Lipinski definition) is 1. The number of benzene rings is 1. The highest BCUT2D eigenvalue weighted by Crippen LogP contribution is 2.22. The van der Waals surface area contributed by atoms with Crippen LogP contribution in [0.3, 0.4) is 0 Å². The Kier molecular flexibility index (Phi) is 5.81. The van der Waals surface area contributed by atoms with E-state index in [2.05, 4.69) is 42.1 Å². The van der Waals surface area contributed by atoms with Gasteiger partial charge in [-0.15, -0.1) is 0 Å². The van der Waals surface area contributed by atoms with Gasteiger partial charge in [0.05, 0.1) is 0 Å². The van der Waals surface area contributed by atoms with Crippen molar-refractivity contribution in [3.63, 3.8) is 0 Å². The molecule has 4 rings (SSSR count). The summed E-state index contributed by atoms with van der Waals surface area (Å²) >= 11 is 0. The summed E-state index contributed by atoms with van der Waals surface area (Å²) in [6.07, 6.45) is 9.06. The van der Waals surface area contributed by atoms with E-state index in [1.54, 1.807) is 0 Å². The van der Waals surface area contributed by atoms with E-state index in [1.165, 1.54) is 30.4 Å². The fraction of sp³-hybridized carbons (Fsp3) is 0.304. The third-order valence-corrected chi connectivity index (χ3v) is 5.42. The standard InChI is InChI=1S/C23H25N2O.ClH/c1-17-14-22(18(2)25(17)21-10-4-3-5-11-21)23(26)16-24-13-12-19-8-6-7-9-20(19)15-24;/h3-5,10-15H,6-9,16H2,1-2H3;1H/q+1;/p-1. The molecule has 2 aromatic heterocycles. The van der Waals surface area contributed by atoms with E-state index in [-0.39, 0.29) is 18.2 Å². The summed E-state index contributed by atoms with van der Waals surface area (Å²) in [7, 11) is 0. The molecule has 3 nitrogen and oxygen atoms in total. The lowest BCUT2D eigenvalue weighted by molar-refractivity contribution is -0.683. The molecule has 0 bridgehead atoms. The van der Waals surface area contributed by atoms with Gasteiger partial charge in [-0.2, -0.15) is 4.57 Å². The SMILES string of the molecule is Cc1cc(C(=O)C[n+]2ccc3c(c2)CCCC3)c(C)n1-c1ccccc1.[Cl-]. The van der Waals surface area contributed by atoms with E-state index < -0.39 is 0 Å². The van der Waals surface area contributed by atoms with E-state index in [0.29, 0.717) is 6.54 Å². The Morgan fingerprint density at radius 3 is 2.48 bits per heavy atom. The van der Waals surface area contributed by atoms with Gasteiger partial charge in [0.25, 0.3) is 0 Å². The van der Waals surface area contributed by atoms with Crippen molar-refractivity contribution in [2.75, 3.05) is 0 Å². The summed E-state index contributed by atoms with van der Waals surface area (Å²) < 4.78 is 4.20. The van der Waals surface area contributed by atoms with Crippen LogP contribution in [0.15, 0.2) is 54.9 Å². The van der Waals surface area contributed by atoms with Gasteiger partial charge < -0.3 is 17.0 Å². The minimum atomic E-state index is 0. The van der Waals surface area contributed by atoms with Crippen LogP contribution < -0.4 is 17.0 Å². The van der Waals surface area contributed by atoms with Crippen LogP contribution in [0.1, 0.15) is 45.7 Å². The van der Waals surface area contributed by atoms with E-state index in [0.717, 1.165) is 29.1 Å². The zero-order valence-corrected chi connectivity index (χ0v) is 16.7. The van der Waals surface area contributed by atoms with Crippen LogP contribution in [0, 0.1) is 13.8 Å². The van der Waals surface area contributed by atoms with E-state index in [9.17, 15) is 4.79 Å². The van der Waals surface area contributed by atoms with Gasteiger partial charge in [-0.25, -0.2) is 0 Å². The molecule has 2 heterocycles. The molecule has 1 aliphatic rings. The van der Waals surface area contributed by atoms with Crippen molar-refractivity contribution >= 4 is 5.78 Å². The largest absolute Gasteiger partial charge is 1.00 e. The van der Waals surface area contributed by atoms with Crippen molar-refractivity contribution < 1.29 is 21.8 Å². The molecule has 1 aromatic carbocycles. The molecule has 1 aliphatic carbocycles. The fourth-order valence-corrected chi connectivity index (χ4v) is 4.09. The quantitative estimate of drug-likeness (QED) is 0.492. The molecule has 0 saturated carbocycles. The molecule has 0 aliphatic heterocycles. The number of fused-ring (bicyclic) bond motifs is 1. The predicted molar refractivity (Wildman–Crippen MR) is 103 cm³/mol. The van der Waals surface area contributed by atoms with Crippen LogP contribution in [0.25, 0.3) is 5.69 Å². The number of aryl methyl sites for hydroxylation is 3. The van der Waals surface area contributed by atoms with Gasteiger partial charge in [0.1, 0.15) is 0 Å². The summed E-state index contributed by atoms with van der Waals surface area (Å²) in [5.41, 5.74) is 6.87. The monoisotopic (exact) mass is 380 g/mol. The fourth-order valence-electron chi connectivity index (χ4n) is 4.09. The first-order chi connectivity index (χ1) is 12.6. The minimum Gasteiger partial charge on any atom is -1.00 e. The first-order valence-electron chi connectivity index (χ1n) is 9.42. The maximum atomic E-state index is 13.0. The lowest BCUT2D eigenvalue weighted by atomic mass is 9.93. The molecule has 0 N–H and O–H groups in total. The maximum Gasteiger partial charge on any atom is 0.229 e. The first-order valence-corrected chi connectivity index (χ1v) is 9.42. The van der Waals surface area contributed by atoms with Gasteiger partial charge >= 0.3 is 0 Å². The average molecular weight is 381 g/mol. The van der Waals surface area contributed by atoms with Crippen LogP contribution >= 0.6 is 0 Å². The lowest BCUT2D eigenvalue weighted by Gasteiger charge is -2.13. The van der Waals surface area contributed by atoms with Gasteiger partial charge in [0.15, 0.2) is 12.4 Å². The summed E-state index contributed by atoms with van der Waals surface area (Å²) in [6.45, 7) is 4.49. The summed E-state index contributed by atoms with van der Waals surface area (Å²) in [6, 6.07) is 14.4. The second-order valence-corrected chi connectivity index (χ2v) is 7.25. The average Bonchev–Trinajstić information content (AvgIpc) is 2.96.